The zero-order chi connectivity index (χ0) is 13.7. The van der Waals surface area contributed by atoms with Gasteiger partial charge in [-0.15, -0.1) is 11.8 Å². The van der Waals surface area contributed by atoms with E-state index in [0.29, 0.717) is 5.56 Å². The highest BCUT2D eigenvalue weighted by Gasteiger charge is 2.03. The van der Waals surface area contributed by atoms with Crippen LogP contribution in [0.2, 0.25) is 0 Å². The Labute approximate surface area is 116 Å². The maximum absolute atomic E-state index is 8.65. The third-order valence-corrected chi connectivity index (χ3v) is 3.60. The average molecular weight is 273 g/mol. The van der Waals surface area contributed by atoms with Crippen LogP contribution in [0, 0.1) is 6.92 Å². The molecule has 0 radical (unpaired) electrons. The minimum atomic E-state index is 0.0970. The predicted octanol–water partition coefficient (Wildman–Crippen LogP) is 2.78. The van der Waals surface area contributed by atoms with E-state index >= 15 is 0 Å². The molecule has 0 spiro atoms. The van der Waals surface area contributed by atoms with Crippen molar-refractivity contribution in [3.8, 4) is 0 Å². The molecule has 1 aromatic carbocycles. The van der Waals surface area contributed by atoms with Crippen molar-refractivity contribution in [2.24, 2.45) is 10.9 Å². The number of amidine groups is 1. The molecule has 2 aromatic rings. The van der Waals surface area contributed by atoms with Crippen LogP contribution in [0.25, 0.3) is 0 Å². The minimum Gasteiger partial charge on any atom is -0.409 e. The number of benzene rings is 1. The number of hydrogen-bond donors (Lipinski definition) is 2. The lowest BCUT2D eigenvalue weighted by Gasteiger charge is -2.04. The Hall–Kier alpha value is -2.01. The van der Waals surface area contributed by atoms with E-state index in [-0.39, 0.29) is 5.84 Å². The zero-order valence-corrected chi connectivity index (χ0v) is 11.4. The maximum atomic E-state index is 8.65. The molecule has 0 fully saturated rings. The summed E-state index contributed by atoms with van der Waals surface area (Å²) in [4.78, 5) is 4.26. The first-order valence-electron chi connectivity index (χ1n) is 5.81. The number of oxime groups is 1. The van der Waals surface area contributed by atoms with E-state index in [0.717, 1.165) is 10.8 Å². The summed E-state index contributed by atoms with van der Waals surface area (Å²) in [7, 11) is 0. The molecule has 0 aliphatic rings. The molecule has 0 amide bonds. The van der Waals surface area contributed by atoms with Crippen LogP contribution >= 0.6 is 11.8 Å². The van der Waals surface area contributed by atoms with Gasteiger partial charge < -0.3 is 10.9 Å². The summed E-state index contributed by atoms with van der Waals surface area (Å²) in [5.41, 5.74) is 8.72. The molecular formula is C14H15N3OS. The van der Waals surface area contributed by atoms with Crippen molar-refractivity contribution in [3.05, 3.63) is 59.3 Å². The van der Waals surface area contributed by atoms with Crippen LogP contribution in [-0.2, 0) is 5.75 Å². The van der Waals surface area contributed by atoms with E-state index in [2.05, 4.69) is 35.3 Å². The van der Waals surface area contributed by atoms with Crippen LogP contribution < -0.4 is 5.73 Å². The highest BCUT2D eigenvalue weighted by molar-refractivity contribution is 7.98. The fourth-order valence-electron chi connectivity index (χ4n) is 1.66. The SMILES string of the molecule is Cc1cccc(CSc2cc(C(N)=NO)ccn2)c1. The quantitative estimate of drug-likeness (QED) is 0.295. The molecule has 1 heterocycles. The van der Waals surface area contributed by atoms with E-state index in [1.54, 1.807) is 24.0 Å². The molecule has 0 saturated carbocycles. The van der Waals surface area contributed by atoms with Gasteiger partial charge in [-0.25, -0.2) is 4.98 Å². The number of nitrogens with zero attached hydrogens (tertiary/aromatic N) is 2. The number of aromatic nitrogens is 1. The lowest BCUT2D eigenvalue weighted by molar-refractivity contribution is 0.318. The van der Waals surface area contributed by atoms with Gasteiger partial charge >= 0.3 is 0 Å². The number of aryl methyl sites for hydroxylation is 1. The fourth-order valence-corrected chi connectivity index (χ4v) is 2.50. The summed E-state index contributed by atoms with van der Waals surface area (Å²) in [5, 5.41) is 12.5. The van der Waals surface area contributed by atoms with Gasteiger partial charge in [-0.2, -0.15) is 0 Å². The molecular weight excluding hydrogens is 258 g/mol. The lowest BCUT2D eigenvalue weighted by atomic mass is 10.2. The fraction of sp³-hybridized carbons (Fsp3) is 0.143. The predicted molar refractivity (Wildman–Crippen MR) is 77.5 cm³/mol. The van der Waals surface area contributed by atoms with Crippen molar-refractivity contribution >= 4 is 17.6 Å². The second kappa shape index (κ2) is 6.24. The zero-order valence-electron chi connectivity index (χ0n) is 10.6. The van der Waals surface area contributed by atoms with Gasteiger partial charge in [0.15, 0.2) is 5.84 Å². The molecule has 0 aliphatic heterocycles. The lowest BCUT2D eigenvalue weighted by Crippen LogP contribution is -2.13. The van der Waals surface area contributed by atoms with Gasteiger partial charge in [-0.05, 0) is 24.6 Å². The van der Waals surface area contributed by atoms with E-state index in [9.17, 15) is 0 Å². The largest absolute Gasteiger partial charge is 0.409 e. The third-order valence-electron chi connectivity index (χ3n) is 2.61. The molecule has 3 N–H and O–H groups in total. The second-order valence-corrected chi connectivity index (χ2v) is 5.14. The van der Waals surface area contributed by atoms with Crippen LogP contribution in [0.3, 0.4) is 0 Å². The summed E-state index contributed by atoms with van der Waals surface area (Å²) in [6.07, 6.45) is 1.66. The van der Waals surface area contributed by atoms with Gasteiger partial charge in [0.2, 0.25) is 0 Å². The van der Waals surface area contributed by atoms with Gasteiger partial charge in [-0.3, -0.25) is 0 Å². The summed E-state index contributed by atoms with van der Waals surface area (Å²) in [5.74, 6) is 0.939. The molecule has 0 atom stereocenters. The van der Waals surface area contributed by atoms with E-state index in [4.69, 9.17) is 10.9 Å². The Morgan fingerprint density at radius 3 is 2.95 bits per heavy atom. The first-order chi connectivity index (χ1) is 9.19. The number of hydrogen-bond acceptors (Lipinski definition) is 4. The highest BCUT2D eigenvalue weighted by atomic mass is 32.2. The highest BCUT2D eigenvalue weighted by Crippen LogP contribution is 2.21. The van der Waals surface area contributed by atoms with Gasteiger partial charge in [0.1, 0.15) is 0 Å². The molecule has 2 rings (SSSR count). The number of nitrogens with two attached hydrogens (primary N) is 1. The van der Waals surface area contributed by atoms with Crippen LogP contribution in [0.15, 0.2) is 52.8 Å². The maximum Gasteiger partial charge on any atom is 0.170 e. The van der Waals surface area contributed by atoms with Crippen molar-refractivity contribution in [1.82, 2.24) is 4.98 Å². The van der Waals surface area contributed by atoms with Crippen molar-refractivity contribution in [3.63, 3.8) is 0 Å². The number of thioether (sulfide) groups is 1. The van der Waals surface area contributed by atoms with Crippen molar-refractivity contribution < 1.29 is 5.21 Å². The first-order valence-corrected chi connectivity index (χ1v) is 6.80. The summed E-state index contributed by atoms with van der Waals surface area (Å²) in [6, 6.07) is 11.9. The van der Waals surface area contributed by atoms with E-state index < -0.39 is 0 Å². The minimum absolute atomic E-state index is 0.0970. The Kier molecular flexibility index (Phi) is 4.41. The summed E-state index contributed by atoms with van der Waals surface area (Å²) < 4.78 is 0. The van der Waals surface area contributed by atoms with Gasteiger partial charge in [0.25, 0.3) is 0 Å². The molecule has 0 aliphatic carbocycles. The topological polar surface area (TPSA) is 71.5 Å². The molecule has 0 unspecified atom stereocenters. The molecule has 0 bridgehead atoms. The van der Waals surface area contributed by atoms with E-state index in [1.807, 2.05) is 12.1 Å². The summed E-state index contributed by atoms with van der Waals surface area (Å²) in [6.45, 7) is 2.07. The molecule has 98 valence electrons. The first kappa shape index (κ1) is 13.4. The number of pyridine rings is 1. The van der Waals surface area contributed by atoms with Gasteiger partial charge in [-0.1, -0.05) is 35.0 Å². The second-order valence-electron chi connectivity index (χ2n) is 4.15. The Morgan fingerprint density at radius 1 is 1.37 bits per heavy atom. The average Bonchev–Trinajstić information content (AvgIpc) is 2.45. The van der Waals surface area contributed by atoms with Crippen molar-refractivity contribution in [2.45, 2.75) is 17.7 Å². The molecule has 4 nitrogen and oxygen atoms in total. The van der Waals surface area contributed by atoms with Crippen molar-refractivity contribution in [1.29, 1.82) is 0 Å². The van der Waals surface area contributed by atoms with Crippen LogP contribution in [0.1, 0.15) is 16.7 Å². The van der Waals surface area contributed by atoms with Crippen molar-refractivity contribution in [2.75, 3.05) is 0 Å². The Morgan fingerprint density at radius 2 is 2.21 bits per heavy atom. The molecule has 19 heavy (non-hydrogen) atoms. The van der Waals surface area contributed by atoms with Gasteiger partial charge in [0, 0.05) is 17.5 Å². The van der Waals surface area contributed by atoms with Gasteiger partial charge in [0.05, 0.1) is 5.03 Å². The summed E-state index contributed by atoms with van der Waals surface area (Å²) >= 11 is 1.62. The Bertz CT molecular complexity index is 599. The number of rotatable bonds is 4. The van der Waals surface area contributed by atoms with E-state index in [1.165, 1.54) is 11.1 Å². The standard InChI is InChI=1S/C14H15N3OS/c1-10-3-2-4-11(7-10)9-19-13-8-12(5-6-16-13)14(15)17-18/h2-8,18H,9H2,1H3,(H2,15,17). The Balaban J connectivity index is 2.08. The normalized spacial score (nSPS) is 11.5. The van der Waals surface area contributed by atoms with Crippen LogP contribution in [0.5, 0.6) is 0 Å². The monoisotopic (exact) mass is 273 g/mol. The molecule has 1 aromatic heterocycles. The van der Waals surface area contributed by atoms with Crippen LogP contribution in [-0.4, -0.2) is 16.0 Å². The molecule has 0 saturated heterocycles. The molecule has 5 heteroatoms. The smallest absolute Gasteiger partial charge is 0.170 e. The van der Waals surface area contributed by atoms with Crippen LogP contribution in [0.4, 0.5) is 0 Å². The third kappa shape index (κ3) is 3.72.